The van der Waals surface area contributed by atoms with Crippen molar-refractivity contribution in [3.05, 3.63) is 11.9 Å². The van der Waals surface area contributed by atoms with Crippen molar-refractivity contribution in [2.45, 2.75) is 26.7 Å². The van der Waals surface area contributed by atoms with Crippen molar-refractivity contribution in [1.82, 2.24) is 30.7 Å². The third kappa shape index (κ3) is 3.07. The topological polar surface area (TPSA) is 85.5 Å². The number of anilines is 1. The van der Waals surface area contributed by atoms with E-state index in [0.29, 0.717) is 0 Å². The summed E-state index contributed by atoms with van der Waals surface area (Å²) in [5.41, 5.74) is 1.98. The number of piperidine rings is 1. The molecule has 0 radical (unpaired) electrons. The van der Waals surface area contributed by atoms with Crippen LogP contribution in [0.1, 0.15) is 25.5 Å². The molecular weight excluding hydrogens is 266 g/mol. The van der Waals surface area contributed by atoms with Crippen molar-refractivity contribution in [2.75, 3.05) is 31.1 Å². The maximum atomic E-state index is 4.61. The van der Waals surface area contributed by atoms with Gasteiger partial charge in [0, 0.05) is 18.8 Å². The predicted octanol–water partition coefficient (Wildman–Crippen LogP) is 1.33. The Bertz CT molecular complexity index is 565. The van der Waals surface area contributed by atoms with Gasteiger partial charge in [-0.05, 0) is 38.8 Å². The zero-order valence-electron chi connectivity index (χ0n) is 12.7. The highest BCUT2D eigenvalue weighted by Gasteiger charge is 2.22. The molecule has 0 spiro atoms. The number of nitrogens with one attached hydrogen (secondary N) is 3. The number of hydrogen-bond acceptors (Lipinski definition) is 5. The van der Waals surface area contributed by atoms with Crippen LogP contribution in [0.4, 0.5) is 5.95 Å². The summed E-state index contributed by atoms with van der Waals surface area (Å²) in [6, 6.07) is 0. The lowest BCUT2D eigenvalue weighted by Gasteiger charge is -2.31. The van der Waals surface area contributed by atoms with E-state index in [1.807, 2.05) is 6.92 Å². The van der Waals surface area contributed by atoms with Gasteiger partial charge >= 0.3 is 0 Å². The number of H-pyrrole nitrogens is 2. The number of aromatic nitrogens is 5. The van der Waals surface area contributed by atoms with E-state index in [2.05, 4.69) is 42.5 Å². The van der Waals surface area contributed by atoms with Crippen molar-refractivity contribution < 1.29 is 0 Å². The van der Waals surface area contributed by atoms with E-state index in [-0.39, 0.29) is 0 Å². The molecule has 0 unspecified atom stereocenters. The maximum Gasteiger partial charge on any atom is 0.245 e. The summed E-state index contributed by atoms with van der Waals surface area (Å²) in [4.78, 5) is 6.87. The van der Waals surface area contributed by atoms with Gasteiger partial charge < -0.3 is 10.2 Å². The standard InChI is InChI=1S/C14H23N7/c1-3-15-8-11-4-6-21(7-5-11)14-17-13(19-20-14)12-9-16-18-10(12)2/h9,11,15H,3-8H2,1-2H3,(H,16,18)(H,17,19,20). The van der Waals surface area contributed by atoms with Gasteiger partial charge in [0.25, 0.3) is 0 Å². The molecule has 2 aromatic rings. The van der Waals surface area contributed by atoms with E-state index in [4.69, 9.17) is 0 Å². The lowest BCUT2D eigenvalue weighted by molar-refractivity contribution is 0.384. The van der Waals surface area contributed by atoms with Crippen LogP contribution in [0.25, 0.3) is 11.4 Å². The van der Waals surface area contributed by atoms with E-state index < -0.39 is 0 Å². The maximum absolute atomic E-state index is 4.61. The molecule has 1 aliphatic heterocycles. The van der Waals surface area contributed by atoms with Gasteiger partial charge in [-0.15, -0.1) is 5.10 Å². The molecule has 7 heteroatoms. The molecule has 0 amide bonds. The highest BCUT2D eigenvalue weighted by Crippen LogP contribution is 2.23. The van der Waals surface area contributed by atoms with Gasteiger partial charge in [0.2, 0.25) is 5.95 Å². The van der Waals surface area contributed by atoms with Crippen LogP contribution in [0.2, 0.25) is 0 Å². The Kier molecular flexibility index (Phi) is 4.19. The van der Waals surface area contributed by atoms with Gasteiger partial charge in [0.05, 0.1) is 11.8 Å². The molecule has 3 heterocycles. The second-order valence-electron chi connectivity index (χ2n) is 5.63. The molecule has 1 aliphatic rings. The largest absolute Gasteiger partial charge is 0.340 e. The summed E-state index contributed by atoms with van der Waals surface area (Å²) in [7, 11) is 0. The fourth-order valence-electron chi connectivity index (χ4n) is 2.79. The molecule has 114 valence electrons. The molecule has 3 N–H and O–H groups in total. The van der Waals surface area contributed by atoms with Crippen LogP contribution in [0.3, 0.4) is 0 Å². The summed E-state index contributed by atoms with van der Waals surface area (Å²) in [6.07, 6.45) is 4.17. The average Bonchev–Trinajstić information content (AvgIpc) is 3.14. The average molecular weight is 289 g/mol. The first-order valence-corrected chi connectivity index (χ1v) is 7.66. The minimum atomic E-state index is 0.774. The Morgan fingerprint density at radius 1 is 1.33 bits per heavy atom. The first kappa shape index (κ1) is 14.1. The van der Waals surface area contributed by atoms with Crippen molar-refractivity contribution in [3.63, 3.8) is 0 Å². The van der Waals surface area contributed by atoms with Crippen LogP contribution >= 0.6 is 0 Å². The van der Waals surface area contributed by atoms with Gasteiger partial charge in [-0.2, -0.15) is 10.1 Å². The van der Waals surface area contributed by atoms with Crippen LogP contribution in [0, 0.1) is 12.8 Å². The molecule has 0 aliphatic carbocycles. The molecule has 2 aromatic heterocycles. The zero-order chi connectivity index (χ0) is 14.7. The smallest absolute Gasteiger partial charge is 0.245 e. The summed E-state index contributed by atoms with van der Waals surface area (Å²) >= 11 is 0. The first-order valence-electron chi connectivity index (χ1n) is 7.66. The molecule has 1 saturated heterocycles. The van der Waals surface area contributed by atoms with Crippen LogP contribution in [0.5, 0.6) is 0 Å². The number of rotatable bonds is 5. The Hall–Kier alpha value is -1.89. The summed E-state index contributed by atoms with van der Waals surface area (Å²) in [6.45, 7) is 8.36. The molecule has 1 fully saturated rings. The molecule has 21 heavy (non-hydrogen) atoms. The molecule has 3 rings (SSSR count). The lowest BCUT2D eigenvalue weighted by Crippen LogP contribution is -2.37. The van der Waals surface area contributed by atoms with Gasteiger partial charge in [0.15, 0.2) is 5.82 Å². The number of nitrogens with zero attached hydrogens (tertiary/aromatic N) is 4. The van der Waals surface area contributed by atoms with Crippen LogP contribution in [-0.2, 0) is 0 Å². The predicted molar refractivity (Wildman–Crippen MR) is 82.2 cm³/mol. The highest BCUT2D eigenvalue weighted by atomic mass is 15.4. The second-order valence-corrected chi connectivity index (χ2v) is 5.63. The van der Waals surface area contributed by atoms with E-state index in [0.717, 1.165) is 55.1 Å². The molecule has 0 atom stereocenters. The molecule has 0 saturated carbocycles. The third-order valence-corrected chi connectivity index (χ3v) is 4.14. The fourth-order valence-corrected chi connectivity index (χ4v) is 2.79. The zero-order valence-corrected chi connectivity index (χ0v) is 12.7. The van der Waals surface area contributed by atoms with Gasteiger partial charge in [-0.1, -0.05) is 6.92 Å². The van der Waals surface area contributed by atoms with Gasteiger partial charge in [-0.3, -0.25) is 10.2 Å². The normalized spacial score (nSPS) is 16.6. The van der Waals surface area contributed by atoms with E-state index in [1.165, 1.54) is 12.8 Å². The second kappa shape index (κ2) is 6.26. The van der Waals surface area contributed by atoms with E-state index >= 15 is 0 Å². The Labute approximate surface area is 124 Å². The number of hydrogen-bond donors (Lipinski definition) is 3. The van der Waals surface area contributed by atoms with Crippen molar-refractivity contribution in [1.29, 1.82) is 0 Å². The first-order chi connectivity index (χ1) is 10.3. The SMILES string of the molecule is CCNCC1CCN(c2n[nH]c(-c3cn[nH]c3C)n2)CC1. The molecule has 7 nitrogen and oxygen atoms in total. The van der Waals surface area contributed by atoms with Crippen LogP contribution < -0.4 is 10.2 Å². The Morgan fingerprint density at radius 2 is 2.14 bits per heavy atom. The van der Waals surface area contributed by atoms with Crippen molar-refractivity contribution in [2.24, 2.45) is 5.92 Å². The molecule has 0 bridgehead atoms. The molecule has 0 aromatic carbocycles. The fraction of sp³-hybridized carbons (Fsp3) is 0.643. The summed E-state index contributed by atoms with van der Waals surface area (Å²) < 4.78 is 0. The van der Waals surface area contributed by atoms with E-state index in [1.54, 1.807) is 6.20 Å². The lowest BCUT2D eigenvalue weighted by atomic mass is 9.97. The number of aromatic amines is 2. The van der Waals surface area contributed by atoms with Crippen LogP contribution in [-0.4, -0.2) is 51.6 Å². The third-order valence-electron chi connectivity index (χ3n) is 4.14. The minimum Gasteiger partial charge on any atom is -0.340 e. The summed E-state index contributed by atoms with van der Waals surface area (Å²) in [5, 5.41) is 17.8. The summed E-state index contributed by atoms with van der Waals surface area (Å²) in [5.74, 6) is 2.36. The quantitative estimate of drug-likeness (QED) is 0.773. The van der Waals surface area contributed by atoms with Gasteiger partial charge in [0.1, 0.15) is 0 Å². The van der Waals surface area contributed by atoms with E-state index in [9.17, 15) is 0 Å². The Morgan fingerprint density at radius 3 is 2.81 bits per heavy atom. The van der Waals surface area contributed by atoms with Crippen molar-refractivity contribution >= 4 is 5.95 Å². The molecular formula is C14H23N7. The van der Waals surface area contributed by atoms with Crippen LogP contribution in [0.15, 0.2) is 6.20 Å². The Balaban J connectivity index is 1.62. The van der Waals surface area contributed by atoms with Gasteiger partial charge in [-0.25, -0.2) is 0 Å². The highest BCUT2D eigenvalue weighted by molar-refractivity contribution is 5.57. The van der Waals surface area contributed by atoms with Crippen molar-refractivity contribution in [3.8, 4) is 11.4 Å². The minimum absolute atomic E-state index is 0.774. The number of aryl methyl sites for hydroxylation is 1. The monoisotopic (exact) mass is 289 g/mol.